The lowest BCUT2D eigenvalue weighted by Gasteiger charge is -2.56. The first kappa shape index (κ1) is 28.5. The average Bonchev–Trinajstić information content (AvgIpc) is 3.41. The van der Waals surface area contributed by atoms with Gasteiger partial charge >= 0.3 is 11.2 Å². The van der Waals surface area contributed by atoms with Crippen molar-refractivity contribution in [2.45, 2.75) is 61.9 Å². The molecule has 1 heterocycles. The molecule has 39 heavy (non-hydrogen) atoms. The minimum Gasteiger partial charge on any atom is -0.743 e. The Morgan fingerprint density at radius 1 is 1.03 bits per heavy atom. The quantitative estimate of drug-likeness (QED) is 0.189. The fourth-order valence-electron chi connectivity index (χ4n) is 7.54. The number of carbonyl (C=O) groups excluding carboxylic acids is 2. The Morgan fingerprint density at radius 3 is 2.13 bits per heavy atom. The van der Waals surface area contributed by atoms with Crippen LogP contribution in [0.25, 0.3) is 10.8 Å². The summed E-state index contributed by atoms with van der Waals surface area (Å²) in [6.45, 7) is -0.208. The van der Waals surface area contributed by atoms with Gasteiger partial charge in [0.05, 0.1) is 6.61 Å². The van der Waals surface area contributed by atoms with Crippen LogP contribution < -0.4 is 0 Å². The number of hydrogen-bond acceptors (Lipinski definition) is 6. The normalized spacial score (nSPS) is 29.1. The van der Waals surface area contributed by atoms with Crippen LogP contribution in [0.15, 0.2) is 42.5 Å². The Morgan fingerprint density at radius 2 is 1.59 bits per heavy atom. The highest BCUT2D eigenvalue weighted by Crippen LogP contribution is 2.60. The van der Waals surface area contributed by atoms with Crippen LogP contribution in [0.4, 0.5) is 8.78 Å². The zero-order valence-electron chi connectivity index (χ0n) is 21.7. The molecule has 4 bridgehead atoms. The fourth-order valence-corrected chi connectivity index (χ4v) is 10.4. The van der Waals surface area contributed by atoms with Crippen molar-refractivity contribution in [1.29, 1.82) is 0 Å². The van der Waals surface area contributed by atoms with Gasteiger partial charge in [-0.1, -0.05) is 36.4 Å². The molecule has 1 atom stereocenters. The number of alkyl halides is 2. The molecule has 4 aliphatic carbocycles. The molecular weight excluding hydrogens is 546 g/mol. The number of ether oxygens (including phenoxy) is 1. The lowest BCUT2D eigenvalue weighted by atomic mass is 9.50. The summed E-state index contributed by atoms with van der Waals surface area (Å²) in [4.78, 5) is 22.7. The van der Waals surface area contributed by atoms with Crippen molar-refractivity contribution in [3.8, 4) is 0 Å². The van der Waals surface area contributed by atoms with Crippen LogP contribution in [0.1, 0.15) is 62.2 Å². The van der Waals surface area contributed by atoms with E-state index in [-0.39, 0.29) is 28.2 Å². The number of halogens is 2. The van der Waals surface area contributed by atoms with Crippen molar-refractivity contribution < 1.29 is 36.1 Å². The lowest BCUT2D eigenvalue weighted by Crippen LogP contribution is -2.49. The van der Waals surface area contributed by atoms with Gasteiger partial charge in [0, 0.05) is 21.9 Å². The molecule has 0 amide bonds. The summed E-state index contributed by atoms with van der Waals surface area (Å²) < 4.78 is 62.0. The van der Waals surface area contributed by atoms with Crippen molar-refractivity contribution in [3.63, 3.8) is 0 Å². The molecule has 0 N–H and O–H groups in total. The molecule has 6 nitrogen and oxygen atoms in total. The monoisotopic (exact) mass is 580 g/mol. The molecule has 4 saturated carbocycles. The summed E-state index contributed by atoms with van der Waals surface area (Å²) in [5, 5.41) is -2.39. The van der Waals surface area contributed by atoms with Crippen LogP contribution in [-0.2, 0) is 35.3 Å². The summed E-state index contributed by atoms with van der Waals surface area (Å²) in [6, 6.07) is 14.8. The molecule has 2 aromatic carbocycles. The van der Waals surface area contributed by atoms with Gasteiger partial charge in [-0.25, -0.2) is 13.2 Å². The Bertz CT molecular complexity index is 1290. The Hall–Kier alpha value is -2.04. The maximum Gasteiger partial charge on any atom is 0.428 e. The van der Waals surface area contributed by atoms with E-state index < -0.39 is 21.3 Å². The molecule has 1 saturated heterocycles. The molecule has 0 spiro atoms. The first-order chi connectivity index (χ1) is 18.5. The zero-order valence-corrected chi connectivity index (χ0v) is 23.4. The molecule has 1 aliphatic heterocycles. The molecule has 5 fully saturated rings. The molecule has 5 aliphatic rings. The van der Waals surface area contributed by atoms with Crippen molar-refractivity contribution in [1.82, 2.24) is 0 Å². The number of benzene rings is 2. The molecule has 10 heteroatoms. The van der Waals surface area contributed by atoms with Crippen LogP contribution in [0.3, 0.4) is 0 Å². The highest BCUT2D eigenvalue weighted by molar-refractivity contribution is 7.97. The summed E-state index contributed by atoms with van der Waals surface area (Å²) in [5.74, 6) is 1.89. The zero-order chi connectivity index (χ0) is 27.8. The summed E-state index contributed by atoms with van der Waals surface area (Å²) in [7, 11) is -5.76. The molecule has 212 valence electrons. The maximum atomic E-state index is 13.1. The van der Waals surface area contributed by atoms with E-state index in [0.29, 0.717) is 17.8 Å². The first-order valence-corrected chi connectivity index (χ1v) is 16.6. The Balaban J connectivity index is 0.000000160. The predicted octanol–water partition coefficient (Wildman–Crippen LogP) is 5.38. The van der Waals surface area contributed by atoms with Gasteiger partial charge in [0.1, 0.15) is 11.5 Å². The largest absolute Gasteiger partial charge is 0.743 e. The number of aldehydes is 1. The van der Waals surface area contributed by atoms with Gasteiger partial charge in [-0.3, -0.25) is 4.79 Å². The molecule has 1 unspecified atom stereocenters. The SMILES string of the molecule is O=C(OCC12CC3CC(CC(C3)C1)C2)C(F)(F)S(=O)(=O)[O-].O=CC(c1ccc2ccccc2c1)[S+]1CCCC1. The third-order valence-corrected chi connectivity index (χ3v) is 12.4. The highest BCUT2D eigenvalue weighted by Gasteiger charge is 2.53. The number of rotatable bonds is 7. The van der Waals surface area contributed by atoms with Crippen LogP contribution in [-0.4, -0.2) is 48.6 Å². The van der Waals surface area contributed by atoms with E-state index >= 15 is 0 Å². The topological polar surface area (TPSA) is 101 Å². The minimum absolute atomic E-state index is 0.122. The van der Waals surface area contributed by atoms with Gasteiger partial charge in [-0.15, -0.1) is 0 Å². The molecule has 0 radical (unpaired) electrons. The predicted molar refractivity (Wildman–Crippen MR) is 145 cm³/mol. The summed E-state index contributed by atoms with van der Waals surface area (Å²) in [6.07, 6.45) is 9.71. The van der Waals surface area contributed by atoms with E-state index in [2.05, 4.69) is 47.2 Å². The van der Waals surface area contributed by atoms with Crippen molar-refractivity contribution in [2.75, 3.05) is 18.1 Å². The van der Waals surface area contributed by atoms with Crippen LogP contribution in [0.5, 0.6) is 0 Å². The van der Waals surface area contributed by atoms with Gasteiger partial charge < -0.3 is 9.29 Å². The second-order valence-corrected chi connectivity index (χ2v) is 15.6. The van der Waals surface area contributed by atoms with Crippen molar-refractivity contribution in [3.05, 3.63) is 48.0 Å². The Labute approximate surface area is 231 Å². The number of carbonyl (C=O) groups is 2. The van der Waals surface area contributed by atoms with Crippen LogP contribution in [0, 0.1) is 23.2 Å². The van der Waals surface area contributed by atoms with E-state index in [0.717, 1.165) is 38.5 Å². The van der Waals surface area contributed by atoms with Gasteiger partial charge in [0.2, 0.25) is 0 Å². The van der Waals surface area contributed by atoms with E-state index in [4.69, 9.17) is 0 Å². The number of hydrogen-bond donors (Lipinski definition) is 0. The van der Waals surface area contributed by atoms with Crippen LogP contribution >= 0.6 is 0 Å². The van der Waals surface area contributed by atoms with E-state index in [1.807, 2.05) is 0 Å². The average molecular weight is 581 g/mol. The van der Waals surface area contributed by atoms with Crippen LogP contribution in [0.2, 0.25) is 0 Å². The third-order valence-electron chi connectivity index (χ3n) is 8.87. The summed E-state index contributed by atoms with van der Waals surface area (Å²) in [5.41, 5.74) is 0.904. The van der Waals surface area contributed by atoms with Gasteiger partial charge in [-0.05, 0) is 86.0 Å². The fraction of sp³-hybridized carbons (Fsp3) is 0.586. The van der Waals surface area contributed by atoms with Gasteiger partial charge in [0.25, 0.3) is 0 Å². The first-order valence-electron chi connectivity index (χ1n) is 13.6. The van der Waals surface area contributed by atoms with Crippen molar-refractivity contribution in [2.24, 2.45) is 23.2 Å². The maximum absolute atomic E-state index is 13.1. The third kappa shape index (κ3) is 6.03. The van der Waals surface area contributed by atoms with Gasteiger partial charge in [-0.2, -0.15) is 8.78 Å². The Kier molecular flexibility index (Phi) is 8.10. The highest BCUT2D eigenvalue weighted by atomic mass is 32.2. The van der Waals surface area contributed by atoms with Gasteiger partial charge in [0.15, 0.2) is 21.7 Å². The van der Waals surface area contributed by atoms with E-state index in [9.17, 15) is 31.3 Å². The minimum atomic E-state index is -6.04. The molecule has 7 rings (SSSR count). The second kappa shape index (κ2) is 11.1. The van der Waals surface area contributed by atoms with E-state index in [1.54, 1.807) is 0 Å². The molecular formula is C29H34F2O6S2. The van der Waals surface area contributed by atoms with E-state index in [1.165, 1.54) is 47.0 Å². The van der Waals surface area contributed by atoms with Crippen molar-refractivity contribution >= 4 is 44.0 Å². The number of fused-ring (bicyclic) bond motifs is 1. The lowest BCUT2D eigenvalue weighted by molar-refractivity contribution is -0.172. The summed E-state index contributed by atoms with van der Waals surface area (Å²) >= 11 is 0. The molecule has 2 aromatic rings. The number of esters is 1. The molecule has 0 aromatic heterocycles. The standard InChI is InChI=1S/C16H17OS.C13H18F2O5S/c17-12-16(18-9-3-4-10-18)15-8-7-13-5-1-2-6-14(13)11-15;14-13(15,21(17,18)19)11(16)20-7-12-4-8-1-9(5-12)3-10(2-8)6-12/h1-2,5-8,11-12,16H,3-4,9-10H2;8-10H,1-7H2,(H,17,18,19)/q+1;/p-1. The smallest absolute Gasteiger partial charge is 0.428 e. The second-order valence-electron chi connectivity index (χ2n) is 11.8.